The van der Waals surface area contributed by atoms with E-state index in [0.717, 1.165) is 36.4 Å². The second kappa shape index (κ2) is 10.3. The predicted octanol–water partition coefficient (Wildman–Crippen LogP) is 5.68. The van der Waals surface area contributed by atoms with Crippen molar-refractivity contribution in [1.82, 2.24) is 4.72 Å². The summed E-state index contributed by atoms with van der Waals surface area (Å²) in [5.41, 5.74) is -0.197. The first-order chi connectivity index (χ1) is 15.0. The average molecular weight is 566 g/mol. The summed E-state index contributed by atoms with van der Waals surface area (Å²) in [5, 5.41) is 10.8. The number of rotatable bonds is 9. The Labute approximate surface area is 202 Å². The monoisotopic (exact) mass is 564 g/mol. The molecule has 0 heterocycles. The Balaban J connectivity index is 2.39. The number of hydrogen-bond acceptors (Lipinski definition) is 5. The Hall–Kier alpha value is -1.73. The van der Waals surface area contributed by atoms with E-state index >= 15 is 0 Å². The van der Waals surface area contributed by atoms with Crippen LogP contribution in [0.3, 0.4) is 0 Å². The van der Waals surface area contributed by atoms with Crippen LogP contribution in [0.4, 0.5) is 14.5 Å². The maximum atomic E-state index is 13.9. The van der Waals surface area contributed by atoms with Crippen LogP contribution in [0.1, 0.15) is 32.4 Å². The van der Waals surface area contributed by atoms with Gasteiger partial charge in [0, 0.05) is 24.8 Å². The van der Waals surface area contributed by atoms with E-state index in [2.05, 4.69) is 41.4 Å². The molecule has 0 saturated heterocycles. The van der Waals surface area contributed by atoms with Gasteiger partial charge in [-0.3, -0.25) is 10.1 Å². The standard InChI is InChI=1S/C21H27BrF2N2O5SSi/c1-21(2,3)33(4,5)31-13-19(22)20(14-10-15(23)12-16(24)11-14)25-32(29,30)18-8-6-17(7-9-18)26(27)28/h6-12,19-20,25H,13H2,1-5H3/t19-,20+/m0/s1. The van der Waals surface area contributed by atoms with Crippen molar-refractivity contribution in [2.45, 2.75) is 54.7 Å². The van der Waals surface area contributed by atoms with Crippen molar-refractivity contribution < 1.29 is 26.5 Å². The molecule has 0 bridgehead atoms. The van der Waals surface area contributed by atoms with Gasteiger partial charge in [-0.15, -0.1) is 0 Å². The predicted molar refractivity (Wildman–Crippen MR) is 128 cm³/mol. The molecular weight excluding hydrogens is 538 g/mol. The van der Waals surface area contributed by atoms with Gasteiger partial charge in [0.15, 0.2) is 8.32 Å². The molecule has 0 aliphatic rings. The van der Waals surface area contributed by atoms with Gasteiger partial charge in [0.25, 0.3) is 5.69 Å². The highest BCUT2D eigenvalue weighted by atomic mass is 79.9. The van der Waals surface area contributed by atoms with Crippen LogP contribution in [0.2, 0.25) is 18.1 Å². The van der Waals surface area contributed by atoms with Crippen molar-refractivity contribution in [2.75, 3.05) is 6.61 Å². The number of benzene rings is 2. The van der Waals surface area contributed by atoms with E-state index in [0.29, 0.717) is 6.07 Å². The molecule has 0 unspecified atom stereocenters. The molecule has 12 heteroatoms. The summed E-state index contributed by atoms with van der Waals surface area (Å²) in [6.07, 6.45) is 0. The maximum Gasteiger partial charge on any atom is 0.269 e. The van der Waals surface area contributed by atoms with Gasteiger partial charge in [-0.2, -0.15) is 0 Å². The number of non-ortho nitro benzene ring substituents is 1. The second-order valence-electron chi connectivity index (χ2n) is 9.14. The first-order valence-electron chi connectivity index (χ1n) is 10.0. The summed E-state index contributed by atoms with van der Waals surface area (Å²) >= 11 is 3.44. The van der Waals surface area contributed by atoms with E-state index in [4.69, 9.17) is 4.43 Å². The van der Waals surface area contributed by atoms with Crippen LogP contribution in [0, 0.1) is 21.7 Å². The van der Waals surface area contributed by atoms with Crippen LogP contribution in [0.5, 0.6) is 0 Å². The molecule has 0 aliphatic carbocycles. The number of nitro benzene ring substituents is 1. The summed E-state index contributed by atoms with van der Waals surface area (Å²) in [7, 11) is -6.39. The largest absolute Gasteiger partial charge is 0.416 e. The molecule has 182 valence electrons. The molecule has 1 N–H and O–H groups in total. The van der Waals surface area contributed by atoms with Crippen LogP contribution >= 0.6 is 15.9 Å². The number of nitro groups is 1. The third-order valence-corrected chi connectivity index (χ3v) is 12.4. The molecular formula is C21H27BrF2N2O5SSi. The highest BCUT2D eigenvalue weighted by molar-refractivity contribution is 9.09. The highest BCUT2D eigenvalue weighted by Crippen LogP contribution is 2.37. The zero-order valence-corrected chi connectivity index (χ0v) is 22.3. The van der Waals surface area contributed by atoms with Gasteiger partial charge in [0.1, 0.15) is 11.6 Å². The normalized spacial score (nSPS) is 14.7. The van der Waals surface area contributed by atoms with Gasteiger partial charge >= 0.3 is 0 Å². The third-order valence-electron chi connectivity index (χ3n) is 5.66. The van der Waals surface area contributed by atoms with E-state index in [1.54, 1.807) is 0 Å². The fourth-order valence-corrected chi connectivity index (χ4v) is 5.97. The molecule has 0 aliphatic heterocycles. The van der Waals surface area contributed by atoms with E-state index in [1.165, 1.54) is 0 Å². The van der Waals surface area contributed by atoms with Gasteiger partial charge in [-0.05, 0) is 48.0 Å². The van der Waals surface area contributed by atoms with Gasteiger partial charge < -0.3 is 4.43 Å². The van der Waals surface area contributed by atoms with E-state index in [9.17, 15) is 27.3 Å². The van der Waals surface area contributed by atoms with Gasteiger partial charge in [0.2, 0.25) is 10.0 Å². The number of nitrogens with one attached hydrogen (secondary N) is 1. The quantitative estimate of drug-likeness (QED) is 0.183. The summed E-state index contributed by atoms with van der Waals surface area (Å²) < 4.78 is 62.5. The molecule has 0 fully saturated rings. The molecule has 0 aromatic heterocycles. The van der Waals surface area contributed by atoms with Crippen LogP contribution < -0.4 is 4.72 Å². The average Bonchev–Trinajstić information content (AvgIpc) is 2.68. The Bertz CT molecular complexity index is 1090. The van der Waals surface area contributed by atoms with Crippen molar-refractivity contribution in [3.63, 3.8) is 0 Å². The van der Waals surface area contributed by atoms with Crippen molar-refractivity contribution in [3.05, 3.63) is 69.8 Å². The van der Waals surface area contributed by atoms with Crippen LogP contribution in [-0.2, 0) is 14.4 Å². The zero-order chi connectivity index (χ0) is 25.2. The number of sulfonamides is 1. The van der Waals surface area contributed by atoms with Gasteiger partial charge in [0.05, 0.1) is 20.7 Å². The second-order valence-corrected chi connectivity index (χ2v) is 16.8. The molecule has 0 amide bonds. The molecule has 33 heavy (non-hydrogen) atoms. The molecule has 2 aromatic rings. The number of nitrogens with zero attached hydrogens (tertiary/aromatic N) is 1. The molecule has 2 atom stereocenters. The fourth-order valence-electron chi connectivity index (χ4n) is 2.69. The SMILES string of the molecule is CC(C)(C)[Si](C)(C)OC[C@H](Br)[C@H](NS(=O)(=O)c1ccc([N+](=O)[O-])cc1)c1cc(F)cc(F)c1. The molecule has 0 radical (unpaired) electrons. The van der Waals surface area contributed by atoms with Gasteiger partial charge in [-0.1, -0.05) is 36.7 Å². The highest BCUT2D eigenvalue weighted by Gasteiger charge is 2.38. The van der Waals surface area contributed by atoms with Crippen molar-refractivity contribution in [2.24, 2.45) is 0 Å². The number of hydrogen-bond donors (Lipinski definition) is 1. The van der Waals surface area contributed by atoms with Crippen molar-refractivity contribution >= 4 is 40.0 Å². The Morgan fingerprint density at radius 3 is 2.09 bits per heavy atom. The van der Waals surface area contributed by atoms with Crippen LogP contribution in [0.25, 0.3) is 0 Å². The number of halogens is 3. The minimum absolute atomic E-state index is 0.0682. The summed E-state index contributed by atoms with van der Waals surface area (Å²) in [6, 6.07) is 6.04. The molecule has 0 saturated carbocycles. The van der Waals surface area contributed by atoms with Crippen LogP contribution in [-0.4, -0.2) is 33.1 Å². The maximum absolute atomic E-state index is 13.9. The smallest absolute Gasteiger partial charge is 0.269 e. The minimum atomic E-state index is -4.19. The Morgan fingerprint density at radius 1 is 1.12 bits per heavy atom. The summed E-state index contributed by atoms with van der Waals surface area (Å²) in [5.74, 6) is -1.70. The van der Waals surface area contributed by atoms with Crippen molar-refractivity contribution in [3.8, 4) is 0 Å². The summed E-state index contributed by atoms with van der Waals surface area (Å²) in [4.78, 5) is 9.32. The lowest BCUT2D eigenvalue weighted by molar-refractivity contribution is -0.384. The lowest BCUT2D eigenvalue weighted by Gasteiger charge is -2.37. The third kappa shape index (κ3) is 7.12. The van der Waals surface area contributed by atoms with Crippen LogP contribution in [0.15, 0.2) is 47.4 Å². The lowest BCUT2D eigenvalue weighted by atomic mass is 10.0. The Morgan fingerprint density at radius 2 is 1.64 bits per heavy atom. The first-order valence-corrected chi connectivity index (χ1v) is 15.3. The van der Waals surface area contributed by atoms with E-state index in [-0.39, 0.29) is 27.8 Å². The Kier molecular flexibility index (Phi) is 8.55. The zero-order valence-electron chi connectivity index (χ0n) is 18.9. The minimum Gasteiger partial charge on any atom is -0.416 e. The molecule has 2 aromatic carbocycles. The first kappa shape index (κ1) is 27.5. The number of alkyl halides is 1. The van der Waals surface area contributed by atoms with E-state index in [1.807, 2.05) is 13.1 Å². The summed E-state index contributed by atoms with van der Waals surface area (Å²) in [6.45, 7) is 10.3. The van der Waals surface area contributed by atoms with Crippen molar-refractivity contribution in [1.29, 1.82) is 0 Å². The van der Waals surface area contributed by atoms with E-state index < -0.39 is 45.8 Å². The molecule has 7 nitrogen and oxygen atoms in total. The van der Waals surface area contributed by atoms with Gasteiger partial charge in [-0.25, -0.2) is 21.9 Å². The molecule has 2 rings (SSSR count). The fraction of sp³-hybridized carbons (Fsp3) is 0.429. The molecule has 0 spiro atoms. The topological polar surface area (TPSA) is 98.5 Å². The lowest BCUT2D eigenvalue weighted by Crippen LogP contribution is -2.44.